The smallest absolute Gasteiger partial charge is 0.121 e. The molecule has 0 bridgehead atoms. The lowest BCUT2D eigenvalue weighted by molar-refractivity contribution is 0.211. The van der Waals surface area contributed by atoms with Crippen LogP contribution in [0.1, 0.15) is 17.5 Å². The second-order valence-corrected chi connectivity index (χ2v) is 23.7. The van der Waals surface area contributed by atoms with Crippen LogP contribution in [0.5, 0.6) is 0 Å². The van der Waals surface area contributed by atoms with E-state index < -0.39 is 0 Å². The number of anilines is 1. The number of ether oxygens (including phenoxy) is 1. The summed E-state index contributed by atoms with van der Waals surface area (Å²) in [6.07, 6.45) is 193. The highest BCUT2D eigenvalue weighted by atomic mass is 16.5. The molecule has 0 saturated carbocycles. The van der Waals surface area contributed by atoms with Gasteiger partial charge in [0, 0.05) is 24.3 Å². The molecule has 0 amide bonds. The lowest BCUT2D eigenvalue weighted by Gasteiger charge is -2.08. The summed E-state index contributed by atoms with van der Waals surface area (Å²) in [5, 5.41) is 3.32. The highest BCUT2D eigenvalue weighted by Gasteiger charge is 2.22. The van der Waals surface area contributed by atoms with E-state index in [1.165, 1.54) is 0 Å². The molecule has 3 heteroatoms. The molecule has 0 radical (unpaired) electrons. The largest absolute Gasteiger partial charge is 0.489 e. The Morgan fingerprint density at radius 1 is 0.239 bits per heavy atom. The Bertz CT molecular complexity index is 4830. The van der Waals surface area contributed by atoms with Crippen molar-refractivity contribution >= 4 is 22.7 Å². The predicted octanol–water partition coefficient (Wildman–Crippen LogP) is 30.8. The van der Waals surface area contributed by atoms with Crippen LogP contribution >= 0.6 is 0 Å². The first-order valence-corrected chi connectivity index (χ1v) is 39.2. The summed E-state index contributed by atoms with van der Waals surface area (Å²) in [6, 6.07) is 16.4. The van der Waals surface area contributed by atoms with Gasteiger partial charge in [-0.3, -0.25) is 0 Å². The van der Waals surface area contributed by atoms with E-state index in [-0.39, 0.29) is 0 Å². The van der Waals surface area contributed by atoms with Crippen LogP contribution < -0.4 is 5.32 Å². The van der Waals surface area contributed by atoms with Gasteiger partial charge in [0.1, 0.15) is 12.4 Å². The first kappa shape index (κ1) is 94.3. The molecule has 2 aromatic rings. The molecule has 0 fully saturated rings. The van der Waals surface area contributed by atoms with Crippen molar-refractivity contribution in [2.75, 3.05) is 12.4 Å². The van der Waals surface area contributed by atoms with Crippen molar-refractivity contribution in [3.63, 3.8) is 0 Å². The van der Waals surface area contributed by atoms with Crippen molar-refractivity contribution in [2.45, 2.75) is 13.0 Å². The van der Waals surface area contributed by atoms with E-state index in [9.17, 15) is 0 Å². The minimum absolute atomic E-state index is 0.429. The maximum Gasteiger partial charge on any atom is 0.121 e. The molecular weight excluding hydrogens is 1410 g/mol. The van der Waals surface area contributed by atoms with Crippen LogP contribution in [-0.2, 0) is 11.3 Å². The molecule has 0 saturated heterocycles. The van der Waals surface area contributed by atoms with Crippen molar-refractivity contribution in [3.8, 4) is 0 Å². The minimum atomic E-state index is 0.429. The maximum absolute atomic E-state index is 6.46. The fourth-order valence-electron chi connectivity index (χ4n) is 8.98. The van der Waals surface area contributed by atoms with Gasteiger partial charge in [0.25, 0.3) is 0 Å². The van der Waals surface area contributed by atoms with Gasteiger partial charge in [0.15, 0.2) is 0 Å². The topological polar surface area (TPSA) is 33.6 Å². The van der Waals surface area contributed by atoms with E-state index in [1.807, 2.05) is 596 Å². The van der Waals surface area contributed by atoms with Crippen molar-refractivity contribution in [1.29, 1.82) is 0 Å². The molecular formula is C114H112N2O. The summed E-state index contributed by atoms with van der Waals surface area (Å²) in [6.45, 7) is 0.429. The third kappa shape index (κ3) is 59.5. The monoisotopic (exact) mass is 1520 g/mol. The Kier molecular flexibility index (Phi) is 61.6. The third-order valence-corrected chi connectivity index (χ3v) is 14.6. The number of allylic oxidation sites excluding steroid dienone is 97. The normalized spacial score (nSPS) is 28.1. The highest BCUT2D eigenvalue weighted by molar-refractivity contribution is 6.34. The molecule has 0 atom stereocenters. The average molecular weight is 1530 g/mol. The van der Waals surface area contributed by atoms with Crippen molar-refractivity contribution in [3.05, 3.63) is 649 Å². The summed E-state index contributed by atoms with van der Waals surface area (Å²) >= 11 is 0. The number of fused-ring (bicyclic) bond motifs is 3. The number of hydrogen-bond donors (Lipinski definition) is 1. The van der Waals surface area contributed by atoms with Crippen LogP contribution in [-0.4, -0.2) is 12.8 Å². The third-order valence-electron chi connectivity index (χ3n) is 14.6. The summed E-state index contributed by atoms with van der Waals surface area (Å²) in [4.78, 5) is 5.13. The zero-order valence-electron chi connectivity index (χ0n) is 67.3. The average Bonchev–Trinajstić information content (AvgIpc) is 1.64. The van der Waals surface area contributed by atoms with Crippen molar-refractivity contribution < 1.29 is 4.74 Å². The van der Waals surface area contributed by atoms with E-state index in [1.54, 1.807) is 0 Å². The second-order valence-electron chi connectivity index (χ2n) is 23.7. The number of benzene rings is 2. The minimum Gasteiger partial charge on any atom is -0.489 e. The zero-order valence-corrected chi connectivity index (χ0v) is 67.3. The number of hydrogen-bond acceptors (Lipinski definition) is 3. The standard InChI is InChI=1S/C114H112N2O/c1-115-112-105-99-104-111-110-103-98-93-91-89-87-85-83-81-79-77-75-73-71-69-67-65-63-61-59-57-55-53-51-49-47-45-43-41-39-37-35-33-31-29-27-25-23-21-19-17-15-13-11-9-7-5-3-2-4-6-8-10-12-14-16-18-20-22-24-26-28-30-32-34-36-38-40-42-44-46-48-50-52-54-56-58-60-62-64-66-68-70-72-74-76-78-80-82-84-86-88-90-92-97-102-109(106-113(110)116-114(111)112)117-107-108-100-95-94-96-101-108/h2-91,93-106,115H,92,107H2,1H3/b3-2?,6-4?,7-5+,10-8+,11-9+,14-12+,15-13+,18-16+,19-17+,22-20+,23-21+,26-24+,27-25+,30-28+,31-29-,34-32-,35-33-,38-36-,39-37+,42-40+,43-41+,46-44+,47-45+,50-48-,51-49-,54-52-,55-53-,58-56+,59-57+,62-60+,63-61+,66-64+,67-65+,70-68+,71-69+,74-72+,75-73+,78-76+,79-77+,82-80+,83-81+,86-84+,87-85+,90-88+,91-89+,98-93+,102-97+,109-106?,110-103?. The Hall–Kier alpha value is -15.0. The van der Waals surface area contributed by atoms with Gasteiger partial charge in [0.2, 0.25) is 0 Å². The van der Waals surface area contributed by atoms with Crippen molar-refractivity contribution in [2.24, 2.45) is 4.99 Å². The fraction of sp³-hybridized carbons (Fsp3) is 0.0263. The zero-order chi connectivity index (χ0) is 82.1. The molecule has 1 N–H and O–H groups in total. The van der Waals surface area contributed by atoms with E-state index in [4.69, 9.17) is 9.73 Å². The molecule has 0 aromatic heterocycles. The fourth-order valence-corrected chi connectivity index (χ4v) is 8.98. The van der Waals surface area contributed by atoms with Gasteiger partial charge in [-0.15, -0.1) is 0 Å². The number of para-hydroxylation sites is 1. The van der Waals surface area contributed by atoms with Gasteiger partial charge in [-0.25, -0.2) is 4.99 Å². The number of nitrogens with one attached hydrogen (secondary N) is 1. The quantitative estimate of drug-likeness (QED) is 0.331. The second kappa shape index (κ2) is 76.3. The molecule has 3 nitrogen and oxygen atoms in total. The summed E-state index contributed by atoms with van der Waals surface area (Å²) in [5.74, 6) is 0.719. The number of aliphatic imine (C=N–C) groups is 1. The lowest BCUT2D eigenvalue weighted by atomic mass is 10.0. The molecule has 0 unspecified atom stereocenters. The molecule has 0 spiro atoms. The molecule has 1 aliphatic heterocycles. The van der Waals surface area contributed by atoms with Gasteiger partial charge < -0.3 is 10.1 Å². The summed E-state index contributed by atoms with van der Waals surface area (Å²) in [5.41, 5.74) is 5.84. The molecule has 2 aromatic carbocycles. The number of rotatable bonds is 4. The van der Waals surface area contributed by atoms with Crippen LogP contribution in [0.15, 0.2) is 643 Å². The highest BCUT2D eigenvalue weighted by Crippen LogP contribution is 2.41. The Labute approximate surface area is 701 Å². The Morgan fingerprint density at radius 3 is 0.692 bits per heavy atom. The summed E-state index contributed by atoms with van der Waals surface area (Å²) in [7, 11) is 1.92. The first-order chi connectivity index (χ1) is 58.3. The van der Waals surface area contributed by atoms with Gasteiger partial charge in [-0.1, -0.05) is 614 Å². The van der Waals surface area contributed by atoms with Crippen LogP contribution in [0, 0.1) is 0 Å². The van der Waals surface area contributed by atoms with Gasteiger partial charge in [-0.05, 0) is 24.1 Å². The van der Waals surface area contributed by atoms with Gasteiger partial charge in [0.05, 0.1) is 17.1 Å². The summed E-state index contributed by atoms with van der Waals surface area (Å²) < 4.78 is 6.46. The van der Waals surface area contributed by atoms with E-state index in [0.717, 1.165) is 46.0 Å². The van der Waals surface area contributed by atoms with Crippen LogP contribution in [0.2, 0.25) is 0 Å². The van der Waals surface area contributed by atoms with Crippen LogP contribution in [0.25, 0.3) is 5.57 Å². The molecule has 1 aliphatic carbocycles. The molecule has 4 rings (SSSR count). The van der Waals surface area contributed by atoms with E-state index in [2.05, 4.69) is 47.8 Å². The lowest BCUT2D eigenvalue weighted by Crippen LogP contribution is -1.98. The Morgan fingerprint density at radius 2 is 0.462 bits per heavy atom. The molecule has 2 aliphatic rings. The van der Waals surface area contributed by atoms with E-state index in [0.29, 0.717) is 6.61 Å². The first-order valence-electron chi connectivity index (χ1n) is 39.2. The van der Waals surface area contributed by atoms with Gasteiger partial charge >= 0.3 is 0 Å². The molecule has 584 valence electrons. The predicted molar refractivity (Wildman–Crippen MR) is 525 cm³/mol. The maximum atomic E-state index is 6.46. The van der Waals surface area contributed by atoms with Crippen molar-refractivity contribution in [1.82, 2.24) is 0 Å². The molecule has 117 heavy (non-hydrogen) atoms. The molecule has 1 heterocycles. The van der Waals surface area contributed by atoms with Crippen LogP contribution in [0.4, 0.5) is 11.4 Å². The van der Waals surface area contributed by atoms with E-state index >= 15 is 0 Å². The van der Waals surface area contributed by atoms with Gasteiger partial charge in [-0.2, -0.15) is 0 Å². The number of nitrogens with zero attached hydrogens (tertiary/aromatic N) is 1. The SMILES string of the molecule is CNc1cccc2c1N=C1C=C(OCc3ccccc3)/C=C/C/C=C/C=C/C=C/C=C/C=C/C=C/C=C/C=C/C=C/C=C\C=C/C=C/C=C/C=C\C=C/C=C/C=C/C=C/C=C/C=C/C=C/C=CC=C/C=C/C=C/C=C/C=C/C=C/C=C/C=C\C=C/C=C/C=C/C=C/C=C\C=C/C=C/C=C/C=C/C=C/C=C/C=C/C=C/C=C/C=C/C=C/C=C12. The Balaban J connectivity index is 1.29. The van der Waals surface area contributed by atoms with Crippen LogP contribution in [0.3, 0.4) is 0 Å².